The molecular formula is C26H26AlNP2. The third-order valence-electron chi connectivity index (χ3n) is 4.87. The summed E-state index contributed by atoms with van der Waals surface area (Å²) in [6.45, 7) is 0. The number of hydrogen-bond acceptors (Lipinski definition) is 1. The zero-order valence-corrected chi connectivity index (χ0v) is 20.4. The fourth-order valence-electron chi connectivity index (χ4n) is 3.60. The summed E-state index contributed by atoms with van der Waals surface area (Å²) in [5.74, 6) is 4.95. The quantitative estimate of drug-likeness (QED) is 0.265. The second-order valence-corrected chi connectivity index (χ2v) is 15.4. The van der Waals surface area contributed by atoms with Crippen molar-refractivity contribution in [2.24, 2.45) is 0 Å². The van der Waals surface area contributed by atoms with Crippen LogP contribution in [-0.2, 0) is 0 Å². The standard InChI is InChI=1S/C24H20NP2.2CH3.Al/c1-5-13-21(14-6-1)26(22-15-7-2-8-16-22)25-27(23-17-9-3-10-18-23)24-19-11-4-12-20-24;;;/h1-20H;2*1H3;/q-1;;;+1. The Labute approximate surface area is 187 Å². The van der Waals surface area contributed by atoms with E-state index in [2.05, 4.69) is 136 Å². The van der Waals surface area contributed by atoms with Gasteiger partial charge in [0, 0.05) is 16.1 Å². The van der Waals surface area contributed by atoms with E-state index >= 15 is 0 Å². The van der Waals surface area contributed by atoms with Crippen LogP contribution in [0.15, 0.2) is 121 Å². The van der Waals surface area contributed by atoms with Crippen molar-refractivity contribution in [2.75, 3.05) is 0 Å². The average Bonchev–Trinajstić information content (AvgIpc) is 2.81. The highest BCUT2D eigenvalue weighted by atomic mass is 31.2. The Morgan fingerprint density at radius 2 is 0.667 bits per heavy atom. The monoisotopic (exact) mass is 441 g/mol. The minimum atomic E-state index is -1.19. The van der Waals surface area contributed by atoms with Gasteiger partial charge < -0.3 is 3.42 Å². The van der Waals surface area contributed by atoms with Gasteiger partial charge >= 0.3 is 14.4 Å². The molecule has 0 saturated carbocycles. The van der Waals surface area contributed by atoms with E-state index in [1.807, 2.05) is 0 Å². The van der Waals surface area contributed by atoms with Gasteiger partial charge in [-0.15, -0.1) is 0 Å². The van der Waals surface area contributed by atoms with Gasteiger partial charge in [-0.2, -0.15) is 0 Å². The van der Waals surface area contributed by atoms with Crippen molar-refractivity contribution >= 4 is 51.7 Å². The van der Waals surface area contributed by atoms with Crippen molar-refractivity contribution in [2.45, 2.75) is 11.6 Å². The minimum absolute atomic E-state index is 0.616. The fourth-order valence-corrected chi connectivity index (χ4v) is 14.2. The van der Waals surface area contributed by atoms with E-state index in [1.54, 1.807) is 0 Å². The first-order chi connectivity index (χ1) is 14.8. The first-order valence-corrected chi connectivity index (χ1v) is 15.8. The molecule has 0 radical (unpaired) electrons. The fraction of sp³-hybridized carbons (Fsp3) is 0.0769. The molecule has 4 rings (SSSR count). The van der Waals surface area contributed by atoms with Crippen molar-refractivity contribution in [3.05, 3.63) is 121 Å². The molecule has 4 aromatic rings. The van der Waals surface area contributed by atoms with Gasteiger partial charge in [0.05, 0.1) is 0 Å². The van der Waals surface area contributed by atoms with Crippen LogP contribution in [-0.4, -0.2) is 17.8 Å². The zero-order valence-electron chi connectivity index (χ0n) is 17.5. The van der Waals surface area contributed by atoms with E-state index in [1.165, 1.54) is 21.2 Å². The smallest absolute Gasteiger partial charge is 0.328 e. The predicted octanol–water partition coefficient (Wildman–Crippen LogP) is 5.64. The van der Waals surface area contributed by atoms with Gasteiger partial charge in [-0.05, 0) is 21.2 Å². The largest absolute Gasteiger partial charge is 0.376 e. The summed E-state index contributed by atoms with van der Waals surface area (Å²) in [5.41, 5.74) is 0. The second-order valence-electron chi connectivity index (χ2n) is 7.38. The Balaban J connectivity index is 1.92. The molecule has 148 valence electrons. The molecule has 4 heteroatoms. The lowest BCUT2D eigenvalue weighted by atomic mass is 10.4. The maximum absolute atomic E-state index is 2.92. The molecule has 0 atom stereocenters. The minimum Gasteiger partial charge on any atom is -0.328 e. The van der Waals surface area contributed by atoms with Crippen molar-refractivity contribution in [1.82, 2.24) is 3.42 Å². The van der Waals surface area contributed by atoms with Gasteiger partial charge in [0.2, 0.25) is 0 Å². The van der Waals surface area contributed by atoms with Gasteiger partial charge in [-0.25, -0.2) is 0 Å². The Hall–Kier alpha value is -1.77. The normalized spacial score (nSPS) is 11.2. The van der Waals surface area contributed by atoms with E-state index in [0.717, 1.165) is 0 Å². The Bertz CT molecular complexity index is 866. The molecule has 0 heterocycles. The number of hydrogen-bond donors (Lipinski definition) is 0. The van der Waals surface area contributed by atoms with E-state index in [-0.39, 0.29) is 0 Å². The number of nitrogens with zero attached hydrogens (tertiary/aromatic N) is 1. The third-order valence-corrected chi connectivity index (χ3v) is 15.0. The predicted molar refractivity (Wildman–Crippen MR) is 137 cm³/mol. The topological polar surface area (TPSA) is 3.24 Å². The van der Waals surface area contributed by atoms with Gasteiger partial charge in [0.15, 0.2) is 0 Å². The number of rotatable bonds is 7. The lowest BCUT2D eigenvalue weighted by molar-refractivity contribution is 1.13. The molecule has 0 unspecified atom stereocenters. The van der Waals surface area contributed by atoms with Crippen LogP contribution >= 0.6 is 16.1 Å². The van der Waals surface area contributed by atoms with Crippen LogP contribution in [0.25, 0.3) is 0 Å². The Morgan fingerprint density at radius 3 is 0.867 bits per heavy atom. The molecule has 0 aliphatic heterocycles. The summed E-state index contributed by atoms with van der Waals surface area (Å²) in [7, 11) is -1.23. The lowest BCUT2D eigenvalue weighted by Crippen LogP contribution is -2.38. The second kappa shape index (κ2) is 10.5. The summed E-state index contributed by atoms with van der Waals surface area (Å²) < 4.78 is 2.92. The molecule has 0 spiro atoms. The molecule has 0 saturated heterocycles. The molecule has 0 bridgehead atoms. The zero-order chi connectivity index (χ0) is 20.8. The van der Waals surface area contributed by atoms with Crippen LogP contribution < -0.4 is 21.2 Å². The summed E-state index contributed by atoms with van der Waals surface area (Å²) in [4.78, 5) is 0. The maximum atomic E-state index is 2.92. The molecule has 0 N–H and O–H groups in total. The van der Waals surface area contributed by atoms with Gasteiger partial charge in [-0.1, -0.05) is 133 Å². The van der Waals surface area contributed by atoms with Crippen LogP contribution in [0.5, 0.6) is 0 Å². The Kier molecular flexibility index (Phi) is 7.52. The van der Waals surface area contributed by atoms with E-state index < -0.39 is 30.5 Å². The molecule has 0 aromatic heterocycles. The maximum Gasteiger partial charge on any atom is 0.376 e. The molecule has 30 heavy (non-hydrogen) atoms. The summed E-state index contributed by atoms with van der Waals surface area (Å²) >= 11 is -1.19. The summed E-state index contributed by atoms with van der Waals surface area (Å²) in [5, 5.41) is 5.72. The van der Waals surface area contributed by atoms with E-state index in [0.29, 0.717) is 0 Å². The van der Waals surface area contributed by atoms with Crippen molar-refractivity contribution in [1.29, 1.82) is 0 Å². The van der Waals surface area contributed by atoms with Gasteiger partial charge in [0.25, 0.3) is 0 Å². The third kappa shape index (κ3) is 4.93. The molecule has 0 aliphatic carbocycles. The summed E-state index contributed by atoms with van der Waals surface area (Å²) in [6, 6.07) is 44.4. The SMILES string of the molecule is [CH3][Al]([CH3])[N](P(c1ccccc1)c1ccccc1)P(c1ccccc1)c1ccccc1. The highest BCUT2D eigenvalue weighted by Crippen LogP contribution is 2.55. The highest BCUT2D eigenvalue weighted by molar-refractivity contribution is 7.86. The van der Waals surface area contributed by atoms with Crippen LogP contribution in [0.1, 0.15) is 0 Å². The first-order valence-electron chi connectivity index (χ1n) is 10.4. The number of benzene rings is 4. The first kappa shape index (κ1) is 21.5. The van der Waals surface area contributed by atoms with Crippen molar-refractivity contribution in [3.8, 4) is 0 Å². The van der Waals surface area contributed by atoms with E-state index in [9.17, 15) is 0 Å². The Morgan fingerprint density at radius 1 is 0.433 bits per heavy atom. The van der Waals surface area contributed by atoms with Crippen LogP contribution in [0.4, 0.5) is 0 Å². The molecule has 0 amide bonds. The van der Waals surface area contributed by atoms with Gasteiger partial charge in [0.1, 0.15) is 0 Å². The van der Waals surface area contributed by atoms with Crippen LogP contribution in [0.2, 0.25) is 11.6 Å². The van der Waals surface area contributed by atoms with Crippen molar-refractivity contribution < 1.29 is 0 Å². The summed E-state index contributed by atoms with van der Waals surface area (Å²) in [6.07, 6.45) is 0. The lowest BCUT2D eigenvalue weighted by Gasteiger charge is -2.41. The molecular weight excluding hydrogens is 415 g/mol. The molecule has 0 fully saturated rings. The molecule has 0 aliphatic rings. The molecule has 1 nitrogen and oxygen atoms in total. The molecule has 4 aromatic carbocycles. The van der Waals surface area contributed by atoms with Crippen LogP contribution in [0.3, 0.4) is 0 Å². The van der Waals surface area contributed by atoms with Crippen molar-refractivity contribution in [3.63, 3.8) is 0 Å². The van der Waals surface area contributed by atoms with Gasteiger partial charge in [-0.3, -0.25) is 0 Å². The average molecular weight is 441 g/mol. The van der Waals surface area contributed by atoms with E-state index in [4.69, 9.17) is 0 Å². The van der Waals surface area contributed by atoms with Crippen LogP contribution in [0, 0.1) is 0 Å². The highest BCUT2D eigenvalue weighted by Gasteiger charge is 2.34.